The summed E-state index contributed by atoms with van der Waals surface area (Å²) in [7, 11) is 0. The van der Waals surface area contributed by atoms with Gasteiger partial charge in [0.05, 0.1) is 0 Å². The lowest BCUT2D eigenvalue weighted by molar-refractivity contribution is -0.118. The molecule has 0 saturated heterocycles. The molecule has 70 valence electrons. The van der Waals surface area contributed by atoms with Crippen molar-refractivity contribution < 1.29 is 9.53 Å². The fourth-order valence-electron chi connectivity index (χ4n) is 0.797. The molecule has 1 aromatic carbocycles. The maximum absolute atomic E-state index is 10.6. The van der Waals surface area contributed by atoms with Crippen LogP contribution >= 0.6 is 23.2 Å². The lowest BCUT2D eigenvalue weighted by atomic mass is 10.3. The third kappa shape index (κ3) is 3.66. The third-order valence-electron chi connectivity index (χ3n) is 1.28. The maximum Gasteiger partial charge on any atom is 0.167 e. The molecule has 0 unspecified atom stereocenters. The van der Waals surface area contributed by atoms with Crippen LogP contribution in [0, 0.1) is 0 Å². The van der Waals surface area contributed by atoms with Crippen molar-refractivity contribution in [3.8, 4) is 5.75 Å². The van der Waals surface area contributed by atoms with Gasteiger partial charge in [-0.05, 0) is 25.1 Å². The van der Waals surface area contributed by atoms with Gasteiger partial charge >= 0.3 is 0 Å². The third-order valence-corrected chi connectivity index (χ3v) is 1.71. The highest BCUT2D eigenvalue weighted by atomic mass is 35.5. The van der Waals surface area contributed by atoms with Gasteiger partial charge in [0.15, 0.2) is 5.78 Å². The average Bonchev–Trinajstić information content (AvgIpc) is 1.99. The molecule has 13 heavy (non-hydrogen) atoms. The summed E-state index contributed by atoms with van der Waals surface area (Å²) in [6.45, 7) is 1.49. The van der Waals surface area contributed by atoms with Crippen molar-refractivity contribution in [3.05, 3.63) is 28.2 Å². The Hall–Kier alpha value is -0.730. The standard InChI is InChI=1S/C9H8Cl2O2/c1-6(12)5-13-9-3-7(10)2-8(11)4-9/h2-4H,5H2,1H3. The first-order valence-electron chi connectivity index (χ1n) is 3.66. The molecule has 0 aliphatic carbocycles. The Morgan fingerprint density at radius 1 is 1.31 bits per heavy atom. The number of Topliss-reactive ketones (excluding diaryl/α,β-unsaturated/α-hetero) is 1. The van der Waals surface area contributed by atoms with E-state index in [0.29, 0.717) is 15.8 Å². The molecule has 0 aliphatic heterocycles. The quantitative estimate of drug-likeness (QED) is 0.781. The van der Waals surface area contributed by atoms with Gasteiger partial charge < -0.3 is 4.74 Å². The van der Waals surface area contributed by atoms with E-state index in [1.165, 1.54) is 6.92 Å². The van der Waals surface area contributed by atoms with E-state index in [-0.39, 0.29) is 12.4 Å². The van der Waals surface area contributed by atoms with Crippen molar-refractivity contribution in [1.82, 2.24) is 0 Å². The summed E-state index contributed by atoms with van der Waals surface area (Å²) < 4.78 is 5.11. The zero-order valence-corrected chi connectivity index (χ0v) is 8.52. The van der Waals surface area contributed by atoms with Crippen LogP contribution in [0.1, 0.15) is 6.92 Å². The number of benzene rings is 1. The number of hydrogen-bond acceptors (Lipinski definition) is 2. The zero-order chi connectivity index (χ0) is 9.84. The Balaban J connectivity index is 2.71. The van der Waals surface area contributed by atoms with Crippen LogP contribution in [0.4, 0.5) is 0 Å². The molecular formula is C9H8Cl2O2. The van der Waals surface area contributed by atoms with Crippen molar-refractivity contribution in [3.63, 3.8) is 0 Å². The van der Waals surface area contributed by atoms with Crippen LogP contribution in [0.3, 0.4) is 0 Å². The summed E-state index contributed by atoms with van der Waals surface area (Å²) in [5.41, 5.74) is 0. The lowest BCUT2D eigenvalue weighted by Gasteiger charge is -2.04. The van der Waals surface area contributed by atoms with Gasteiger partial charge in [0.2, 0.25) is 0 Å². The van der Waals surface area contributed by atoms with Crippen LogP contribution in [-0.4, -0.2) is 12.4 Å². The number of ether oxygens (including phenoxy) is 1. The number of rotatable bonds is 3. The fourth-order valence-corrected chi connectivity index (χ4v) is 1.30. The molecule has 4 heteroatoms. The molecule has 1 rings (SSSR count). The summed E-state index contributed by atoms with van der Waals surface area (Å²) in [6, 6.07) is 4.82. The monoisotopic (exact) mass is 218 g/mol. The van der Waals surface area contributed by atoms with Crippen LogP contribution in [0.5, 0.6) is 5.75 Å². The van der Waals surface area contributed by atoms with Gasteiger partial charge in [-0.3, -0.25) is 4.79 Å². The molecule has 0 heterocycles. The largest absolute Gasteiger partial charge is 0.486 e. The molecule has 2 nitrogen and oxygen atoms in total. The molecule has 0 fully saturated rings. The van der Waals surface area contributed by atoms with Gasteiger partial charge in [-0.15, -0.1) is 0 Å². The summed E-state index contributed by atoms with van der Waals surface area (Å²) >= 11 is 11.4. The number of ketones is 1. The second kappa shape index (κ2) is 4.49. The molecule has 0 N–H and O–H groups in total. The number of carbonyl (C=O) groups is 1. The maximum atomic E-state index is 10.6. The van der Waals surface area contributed by atoms with E-state index in [2.05, 4.69) is 0 Å². The molecular weight excluding hydrogens is 211 g/mol. The van der Waals surface area contributed by atoms with Crippen LogP contribution in [-0.2, 0) is 4.79 Å². The van der Waals surface area contributed by atoms with E-state index < -0.39 is 0 Å². The molecule has 0 aliphatic rings. The Bertz CT molecular complexity index is 303. The highest BCUT2D eigenvalue weighted by molar-refractivity contribution is 6.34. The molecule has 0 saturated carbocycles. The molecule has 0 radical (unpaired) electrons. The first-order valence-corrected chi connectivity index (χ1v) is 4.42. The van der Waals surface area contributed by atoms with Gasteiger partial charge in [0.25, 0.3) is 0 Å². The summed E-state index contributed by atoms with van der Waals surface area (Å²) in [5.74, 6) is 0.462. The second-order valence-electron chi connectivity index (χ2n) is 2.60. The predicted molar refractivity (Wildman–Crippen MR) is 52.6 cm³/mol. The van der Waals surface area contributed by atoms with E-state index in [0.717, 1.165) is 0 Å². The minimum absolute atomic E-state index is 0.0384. The normalized spacial score (nSPS) is 9.77. The number of carbonyl (C=O) groups excluding carboxylic acids is 1. The van der Waals surface area contributed by atoms with Gasteiger partial charge in [0, 0.05) is 10.0 Å². The SMILES string of the molecule is CC(=O)COc1cc(Cl)cc(Cl)c1. The summed E-state index contributed by atoms with van der Waals surface area (Å²) in [6.07, 6.45) is 0. The van der Waals surface area contributed by atoms with Crippen LogP contribution in [0.15, 0.2) is 18.2 Å². The van der Waals surface area contributed by atoms with Crippen LogP contribution in [0.2, 0.25) is 10.0 Å². The minimum Gasteiger partial charge on any atom is -0.486 e. The van der Waals surface area contributed by atoms with Gasteiger partial charge in [-0.25, -0.2) is 0 Å². The molecule has 0 bridgehead atoms. The highest BCUT2D eigenvalue weighted by Gasteiger charge is 2.00. The summed E-state index contributed by atoms with van der Waals surface area (Å²) in [5, 5.41) is 0.983. The van der Waals surface area contributed by atoms with Crippen molar-refractivity contribution in [2.45, 2.75) is 6.92 Å². The van der Waals surface area contributed by atoms with E-state index in [4.69, 9.17) is 27.9 Å². The molecule has 0 spiro atoms. The van der Waals surface area contributed by atoms with Gasteiger partial charge in [-0.2, -0.15) is 0 Å². The summed E-state index contributed by atoms with van der Waals surface area (Å²) in [4.78, 5) is 10.6. The van der Waals surface area contributed by atoms with Gasteiger partial charge in [0.1, 0.15) is 12.4 Å². The molecule has 0 aromatic heterocycles. The average molecular weight is 219 g/mol. The number of hydrogen-bond donors (Lipinski definition) is 0. The van der Waals surface area contributed by atoms with Crippen molar-refractivity contribution in [2.24, 2.45) is 0 Å². The smallest absolute Gasteiger partial charge is 0.167 e. The van der Waals surface area contributed by atoms with E-state index in [9.17, 15) is 4.79 Å². The Labute approximate surface area is 86.4 Å². The fraction of sp³-hybridized carbons (Fsp3) is 0.222. The van der Waals surface area contributed by atoms with E-state index >= 15 is 0 Å². The van der Waals surface area contributed by atoms with E-state index in [1.807, 2.05) is 0 Å². The number of halogens is 2. The van der Waals surface area contributed by atoms with Crippen molar-refractivity contribution in [2.75, 3.05) is 6.61 Å². The Kier molecular flexibility index (Phi) is 3.58. The van der Waals surface area contributed by atoms with Gasteiger partial charge in [-0.1, -0.05) is 23.2 Å². The Morgan fingerprint density at radius 2 is 1.85 bits per heavy atom. The predicted octanol–water partition coefficient (Wildman–Crippen LogP) is 2.96. The van der Waals surface area contributed by atoms with E-state index in [1.54, 1.807) is 18.2 Å². The highest BCUT2D eigenvalue weighted by Crippen LogP contribution is 2.23. The molecule has 1 aromatic rings. The minimum atomic E-state index is -0.0453. The van der Waals surface area contributed by atoms with Crippen molar-refractivity contribution >= 4 is 29.0 Å². The Morgan fingerprint density at radius 3 is 2.31 bits per heavy atom. The molecule has 0 amide bonds. The topological polar surface area (TPSA) is 26.3 Å². The second-order valence-corrected chi connectivity index (χ2v) is 3.47. The first kappa shape index (κ1) is 10.4. The van der Waals surface area contributed by atoms with Crippen LogP contribution < -0.4 is 4.74 Å². The van der Waals surface area contributed by atoms with Crippen molar-refractivity contribution in [1.29, 1.82) is 0 Å². The zero-order valence-electron chi connectivity index (χ0n) is 7.01. The van der Waals surface area contributed by atoms with Crippen LogP contribution in [0.25, 0.3) is 0 Å². The molecule has 0 atom stereocenters. The first-order chi connectivity index (χ1) is 6.08. The lowest BCUT2D eigenvalue weighted by Crippen LogP contribution is -2.06.